The highest BCUT2D eigenvalue weighted by molar-refractivity contribution is 6.30. The molecule has 0 atom stereocenters. The number of amides is 1. The summed E-state index contributed by atoms with van der Waals surface area (Å²) in [5.41, 5.74) is 1.19. The second kappa shape index (κ2) is 5.28. The average molecular weight is 264 g/mol. The van der Waals surface area contributed by atoms with E-state index >= 15 is 0 Å². The number of nitriles is 1. The predicted octanol–water partition coefficient (Wildman–Crippen LogP) is 1.93. The van der Waals surface area contributed by atoms with E-state index in [9.17, 15) is 4.79 Å². The van der Waals surface area contributed by atoms with Gasteiger partial charge in [0.05, 0.1) is 17.8 Å². The van der Waals surface area contributed by atoms with Gasteiger partial charge in [0.2, 0.25) is 5.91 Å². The van der Waals surface area contributed by atoms with Crippen molar-refractivity contribution < 1.29 is 4.79 Å². The van der Waals surface area contributed by atoms with Crippen LogP contribution in [0, 0.1) is 11.3 Å². The molecule has 1 aromatic rings. The molecule has 1 aliphatic carbocycles. The Hall–Kier alpha value is -1.73. The van der Waals surface area contributed by atoms with E-state index in [-0.39, 0.29) is 12.5 Å². The highest BCUT2D eigenvalue weighted by atomic mass is 35.5. The molecular weight excluding hydrogens is 250 g/mol. The van der Waals surface area contributed by atoms with Crippen molar-refractivity contribution in [2.45, 2.75) is 18.9 Å². The van der Waals surface area contributed by atoms with Crippen LogP contribution in [0.3, 0.4) is 0 Å². The van der Waals surface area contributed by atoms with Gasteiger partial charge in [0.1, 0.15) is 6.07 Å². The van der Waals surface area contributed by atoms with Gasteiger partial charge in [0.15, 0.2) is 0 Å². The Morgan fingerprint density at radius 3 is 2.94 bits per heavy atom. The number of nitrogens with one attached hydrogen (secondary N) is 1. The van der Waals surface area contributed by atoms with Gasteiger partial charge in [-0.1, -0.05) is 11.6 Å². The van der Waals surface area contributed by atoms with Gasteiger partial charge in [0, 0.05) is 18.1 Å². The minimum absolute atomic E-state index is 0.0150. The molecule has 1 aromatic carbocycles. The Morgan fingerprint density at radius 2 is 2.33 bits per heavy atom. The molecular formula is C13H14ClN3O. The molecule has 5 heteroatoms. The number of hydrogen-bond acceptors (Lipinski definition) is 3. The quantitative estimate of drug-likeness (QED) is 0.903. The minimum atomic E-state index is -0.0150. The van der Waals surface area contributed by atoms with Crippen molar-refractivity contribution in [3.63, 3.8) is 0 Å². The van der Waals surface area contributed by atoms with Crippen LogP contribution in [0.15, 0.2) is 18.2 Å². The van der Waals surface area contributed by atoms with Gasteiger partial charge >= 0.3 is 0 Å². The zero-order valence-corrected chi connectivity index (χ0v) is 10.9. The molecule has 0 radical (unpaired) electrons. The van der Waals surface area contributed by atoms with E-state index in [4.69, 9.17) is 16.9 Å². The molecule has 94 valence electrons. The Bertz CT molecular complexity index is 505. The number of anilines is 1. The van der Waals surface area contributed by atoms with Crippen molar-refractivity contribution in [1.29, 1.82) is 5.26 Å². The van der Waals surface area contributed by atoms with E-state index < -0.39 is 0 Å². The third-order valence-corrected chi connectivity index (χ3v) is 3.05. The van der Waals surface area contributed by atoms with Crippen LogP contribution in [0.25, 0.3) is 0 Å². The number of rotatable bonds is 4. The fourth-order valence-electron chi connectivity index (χ4n) is 1.73. The lowest BCUT2D eigenvalue weighted by Crippen LogP contribution is -2.36. The van der Waals surface area contributed by atoms with E-state index in [1.165, 1.54) is 0 Å². The van der Waals surface area contributed by atoms with Crippen molar-refractivity contribution >= 4 is 23.2 Å². The van der Waals surface area contributed by atoms with Gasteiger partial charge in [-0.3, -0.25) is 4.79 Å². The standard InChI is InChI=1S/C13H14ClN3O/c1-17(8-13(18)16-11-3-4-11)12-5-2-10(14)6-9(12)7-15/h2,5-6,11H,3-4,8H2,1H3,(H,16,18). The maximum Gasteiger partial charge on any atom is 0.239 e. The van der Waals surface area contributed by atoms with Gasteiger partial charge in [-0.05, 0) is 31.0 Å². The Labute approximate surface area is 111 Å². The highest BCUT2D eigenvalue weighted by Gasteiger charge is 2.23. The van der Waals surface area contributed by atoms with E-state index in [0.29, 0.717) is 22.3 Å². The van der Waals surface area contributed by atoms with Gasteiger partial charge in [0.25, 0.3) is 0 Å². The van der Waals surface area contributed by atoms with Crippen molar-refractivity contribution in [3.8, 4) is 6.07 Å². The lowest BCUT2D eigenvalue weighted by Gasteiger charge is -2.20. The smallest absolute Gasteiger partial charge is 0.239 e. The topological polar surface area (TPSA) is 56.1 Å². The summed E-state index contributed by atoms with van der Waals surface area (Å²) in [7, 11) is 1.79. The molecule has 2 rings (SSSR count). The number of nitrogens with zero attached hydrogens (tertiary/aromatic N) is 2. The van der Waals surface area contributed by atoms with E-state index in [2.05, 4.69) is 11.4 Å². The van der Waals surface area contributed by atoms with Crippen molar-refractivity contribution in [3.05, 3.63) is 28.8 Å². The highest BCUT2D eigenvalue weighted by Crippen LogP contribution is 2.23. The average Bonchev–Trinajstić information content (AvgIpc) is 3.12. The molecule has 0 aromatic heterocycles. The SMILES string of the molecule is CN(CC(=O)NC1CC1)c1ccc(Cl)cc1C#N. The first-order valence-corrected chi connectivity index (χ1v) is 6.18. The van der Waals surface area contributed by atoms with E-state index in [0.717, 1.165) is 12.8 Å². The van der Waals surface area contributed by atoms with Crippen LogP contribution in [0.2, 0.25) is 5.02 Å². The molecule has 1 N–H and O–H groups in total. The molecule has 0 unspecified atom stereocenters. The fourth-order valence-corrected chi connectivity index (χ4v) is 1.90. The first-order valence-electron chi connectivity index (χ1n) is 5.80. The summed E-state index contributed by atoms with van der Waals surface area (Å²) in [5, 5.41) is 12.5. The monoisotopic (exact) mass is 263 g/mol. The predicted molar refractivity (Wildman–Crippen MR) is 70.6 cm³/mol. The number of carbonyl (C=O) groups excluding carboxylic acids is 1. The van der Waals surface area contributed by atoms with Gasteiger partial charge in [-0.15, -0.1) is 0 Å². The van der Waals surface area contributed by atoms with Gasteiger partial charge in [-0.25, -0.2) is 0 Å². The molecule has 4 nitrogen and oxygen atoms in total. The zero-order valence-electron chi connectivity index (χ0n) is 10.1. The normalized spacial score (nSPS) is 13.8. The van der Waals surface area contributed by atoms with Crippen molar-refractivity contribution in [1.82, 2.24) is 5.32 Å². The summed E-state index contributed by atoms with van der Waals surface area (Å²) >= 11 is 5.83. The third kappa shape index (κ3) is 3.14. The molecule has 0 bridgehead atoms. The van der Waals surface area contributed by atoms with Crippen LogP contribution >= 0.6 is 11.6 Å². The second-order valence-corrected chi connectivity index (χ2v) is 4.91. The van der Waals surface area contributed by atoms with Gasteiger partial charge < -0.3 is 10.2 Å². The number of benzene rings is 1. The first kappa shape index (κ1) is 12.7. The van der Waals surface area contributed by atoms with E-state index in [1.54, 1.807) is 30.1 Å². The lowest BCUT2D eigenvalue weighted by molar-refractivity contribution is -0.119. The van der Waals surface area contributed by atoms with Crippen LogP contribution in [0.4, 0.5) is 5.69 Å². The molecule has 1 aliphatic rings. The summed E-state index contributed by atoms with van der Waals surface area (Å²) in [6.07, 6.45) is 2.14. The van der Waals surface area contributed by atoms with Crippen LogP contribution in [-0.4, -0.2) is 25.5 Å². The lowest BCUT2D eigenvalue weighted by atomic mass is 10.2. The van der Waals surface area contributed by atoms with Crippen LogP contribution < -0.4 is 10.2 Å². The number of hydrogen-bond donors (Lipinski definition) is 1. The van der Waals surface area contributed by atoms with Crippen LogP contribution in [-0.2, 0) is 4.79 Å². The van der Waals surface area contributed by atoms with Crippen molar-refractivity contribution in [2.75, 3.05) is 18.5 Å². The minimum Gasteiger partial charge on any atom is -0.364 e. The number of likely N-dealkylation sites (N-methyl/N-ethyl adjacent to an activating group) is 1. The third-order valence-electron chi connectivity index (χ3n) is 2.81. The summed E-state index contributed by atoms with van der Waals surface area (Å²) in [6.45, 7) is 0.243. The molecule has 18 heavy (non-hydrogen) atoms. The number of halogens is 1. The van der Waals surface area contributed by atoms with Crippen LogP contribution in [0.1, 0.15) is 18.4 Å². The summed E-state index contributed by atoms with van der Waals surface area (Å²) in [4.78, 5) is 13.4. The molecule has 0 spiro atoms. The molecule has 0 heterocycles. The van der Waals surface area contributed by atoms with Gasteiger partial charge in [-0.2, -0.15) is 5.26 Å². The molecule has 1 fully saturated rings. The Kier molecular flexibility index (Phi) is 3.73. The maximum absolute atomic E-state index is 11.7. The molecule has 0 saturated heterocycles. The van der Waals surface area contributed by atoms with Crippen LogP contribution in [0.5, 0.6) is 0 Å². The van der Waals surface area contributed by atoms with Crippen molar-refractivity contribution in [2.24, 2.45) is 0 Å². The Morgan fingerprint density at radius 1 is 1.61 bits per heavy atom. The fraction of sp³-hybridized carbons (Fsp3) is 0.385. The first-order chi connectivity index (χ1) is 8.60. The largest absolute Gasteiger partial charge is 0.364 e. The summed E-state index contributed by atoms with van der Waals surface area (Å²) in [5.74, 6) is -0.0150. The van der Waals surface area contributed by atoms with E-state index in [1.807, 2.05) is 0 Å². The molecule has 1 amide bonds. The second-order valence-electron chi connectivity index (χ2n) is 4.47. The molecule has 0 aliphatic heterocycles. The summed E-state index contributed by atoms with van der Waals surface area (Å²) in [6, 6.07) is 7.51. The summed E-state index contributed by atoms with van der Waals surface area (Å²) < 4.78 is 0. The number of carbonyl (C=O) groups is 1. The zero-order chi connectivity index (χ0) is 13.1. The molecule has 1 saturated carbocycles. The Balaban J connectivity index is 2.05. The maximum atomic E-state index is 11.7.